The Balaban J connectivity index is 1.09. The molecule has 2 saturated heterocycles. The number of carbonyl (C=O) groups is 2. The summed E-state index contributed by atoms with van der Waals surface area (Å²) in [5.41, 5.74) is 2.75. The molecule has 10 nitrogen and oxygen atoms in total. The molecule has 2 aromatic carbocycles. The highest BCUT2D eigenvalue weighted by Crippen LogP contribution is 2.46. The van der Waals surface area contributed by atoms with Crippen molar-refractivity contribution in [3.8, 4) is 17.0 Å². The van der Waals surface area contributed by atoms with E-state index >= 15 is 0 Å². The molecule has 0 unspecified atom stereocenters. The van der Waals surface area contributed by atoms with Gasteiger partial charge in [-0.05, 0) is 51.0 Å². The lowest BCUT2D eigenvalue weighted by Gasteiger charge is -2.37. The second-order valence-corrected chi connectivity index (χ2v) is 13.5. The van der Waals surface area contributed by atoms with E-state index in [-0.39, 0.29) is 36.1 Å². The monoisotopic (exact) mass is 656 g/mol. The van der Waals surface area contributed by atoms with Gasteiger partial charge in [0.15, 0.2) is 5.13 Å². The van der Waals surface area contributed by atoms with Crippen molar-refractivity contribution in [3.05, 3.63) is 57.3 Å². The van der Waals surface area contributed by atoms with Crippen molar-refractivity contribution in [1.82, 2.24) is 15.0 Å². The van der Waals surface area contributed by atoms with E-state index in [1.54, 1.807) is 24.3 Å². The Bertz CT molecular complexity index is 1750. The van der Waals surface area contributed by atoms with Gasteiger partial charge in [-0.15, -0.1) is 0 Å². The molecule has 1 saturated carbocycles. The van der Waals surface area contributed by atoms with Crippen LogP contribution in [0.3, 0.4) is 0 Å². The van der Waals surface area contributed by atoms with E-state index in [0.29, 0.717) is 58.6 Å². The van der Waals surface area contributed by atoms with Crippen LogP contribution in [0.15, 0.2) is 34.9 Å². The van der Waals surface area contributed by atoms with Gasteiger partial charge in [0.1, 0.15) is 28.8 Å². The highest BCUT2D eigenvalue weighted by atomic mass is 35.5. The molecule has 2 aromatic heterocycles. The molecule has 4 heterocycles. The molecule has 2 atom stereocenters. The number of halogens is 2. The first kappa shape index (κ1) is 29.3. The third kappa shape index (κ3) is 5.40. The van der Waals surface area contributed by atoms with Crippen molar-refractivity contribution in [3.63, 3.8) is 0 Å². The van der Waals surface area contributed by atoms with E-state index in [0.717, 1.165) is 34.0 Å². The van der Waals surface area contributed by atoms with Gasteiger partial charge in [0.05, 0.1) is 39.1 Å². The van der Waals surface area contributed by atoms with Gasteiger partial charge >= 0.3 is 5.97 Å². The third-order valence-corrected chi connectivity index (χ3v) is 9.94. The molecule has 1 aliphatic carbocycles. The van der Waals surface area contributed by atoms with Crippen LogP contribution >= 0.6 is 34.5 Å². The Hall–Kier alpha value is -3.38. The number of carbonyl (C=O) groups excluding carboxylic acids is 1. The number of amides is 1. The van der Waals surface area contributed by atoms with Gasteiger partial charge in [0, 0.05) is 43.1 Å². The lowest BCUT2D eigenvalue weighted by Crippen LogP contribution is -2.51. The fourth-order valence-corrected chi connectivity index (χ4v) is 7.65. The normalized spacial score (nSPS) is 20.2. The minimum Gasteiger partial charge on any atom is -0.489 e. The average Bonchev–Trinajstić information content (AvgIpc) is 3.46. The van der Waals surface area contributed by atoms with Crippen LogP contribution in [-0.2, 0) is 16.1 Å². The van der Waals surface area contributed by atoms with E-state index in [2.05, 4.69) is 10.1 Å². The smallest absolute Gasteiger partial charge is 0.335 e. The van der Waals surface area contributed by atoms with Crippen LogP contribution < -0.4 is 9.64 Å². The Kier molecular flexibility index (Phi) is 7.68. The van der Waals surface area contributed by atoms with E-state index in [4.69, 9.17) is 42.2 Å². The first-order chi connectivity index (χ1) is 21.2. The summed E-state index contributed by atoms with van der Waals surface area (Å²) >= 11 is 14.4. The van der Waals surface area contributed by atoms with E-state index in [1.165, 1.54) is 17.4 Å². The topological polar surface area (TPSA) is 118 Å². The fraction of sp³-hybridized carbons (Fsp3) is 0.419. The van der Waals surface area contributed by atoms with Crippen molar-refractivity contribution >= 4 is 61.8 Å². The highest BCUT2D eigenvalue weighted by Gasteiger charge is 2.44. The van der Waals surface area contributed by atoms with E-state index in [9.17, 15) is 14.7 Å². The summed E-state index contributed by atoms with van der Waals surface area (Å²) in [6.07, 6.45) is 1.84. The number of hydrogen-bond donors (Lipinski definition) is 1. The number of carboxylic acids is 1. The molecule has 0 radical (unpaired) electrons. The number of fused-ring (bicyclic) bond motifs is 2. The summed E-state index contributed by atoms with van der Waals surface area (Å²) < 4.78 is 18.7. The fourth-order valence-electron chi connectivity index (χ4n) is 6.01. The molecule has 0 bridgehead atoms. The Morgan fingerprint density at radius 2 is 1.98 bits per heavy atom. The number of aromatic carboxylic acids is 1. The van der Waals surface area contributed by atoms with Crippen LogP contribution in [-0.4, -0.2) is 69.9 Å². The largest absolute Gasteiger partial charge is 0.489 e. The number of hydrogen-bond acceptors (Lipinski definition) is 9. The SMILES string of the molecule is CC(C)Oc1cc(C(=O)O)cc2sc(N3CCN4C(=O)[C@@H](OCc5c(-c6c(Cl)cccc6Cl)noc5C5CC5)C[C@@H]4C3)nc12. The molecule has 0 spiro atoms. The Labute approximate surface area is 267 Å². The van der Waals surface area contributed by atoms with Crippen molar-refractivity contribution in [2.75, 3.05) is 24.5 Å². The second kappa shape index (κ2) is 11.5. The van der Waals surface area contributed by atoms with Gasteiger partial charge in [-0.3, -0.25) is 4.79 Å². The van der Waals surface area contributed by atoms with Crippen LogP contribution in [0.1, 0.15) is 60.7 Å². The summed E-state index contributed by atoms with van der Waals surface area (Å²) in [4.78, 5) is 34.1. The molecular weight excluding hydrogens is 627 g/mol. The number of anilines is 1. The van der Waals surface area contributed by atoms with Crippen LogP contribution in [0.25, 0.3) is 21.5 Å². The maximum Gasteiger partial charge on any atom is 0.335 e. The minimum absolute atomic E-state index is 0.0283. The maximum absolute atomic E-state index is 13.4. The zero-order chi connectivity index (χ0) is 30.7. The summed E-state index contributed by atoms with van der Waals surface area (Å²) in [6.45, 7) is 5.69. The predicted molar refractivity (Wildman–Crippen MR) is 167 cm³/mol. The van der Waals surface area contributed by atoms with Crippen LogP contribution in [0.4, 0.5) is 5.13 Å². The van der Waals surface area contributed by atoms with Crippen LogP contribution in [0, 0.1) is 0 Å². The Morgan fingerprint density at radius 1 is 1.20 bits per heavy atom. The van der Waals surface area contributed by atoms with Gasteiger partial charge < -0.3 is 28.9 Å². The lowest BCUT2D eigenvalue weighted by molar-refractivity contribution is -0.138. The number of ether oxygens (including phenoxy) is 2. The van der Waals surface area contributed by atoms with Crippen LogP contribution in [0.2, 0.25) is 10.0 Å². The first-order valence-corrected chi connectivity index (χ1v) is 16.2. The standard InChI is InChI=1S/C31H30Cl2N4O6S/c1-15(2)42-22-10-17(30(39)40)11-24-27(22)34-31(44-24)36-8-9-37-18(13-36)12-23(29(37)38)41-14-19-26(35-43-28(19)16-6-7-16)25-20(32)4-3-5-21(25)33/h3-5,10-11,15-16,18,23H,6-9,12-14H2,1-2H3,(H,39,40)/t18-,23+/m1/s1. The quantitative estimate of drug-likeness (QED) is 0.212. The minimum atomic E-state index is -1.02. The molecular formula is C31H30Cl2N4O6S. The summed E-state index contributed by atoms with van der Waals surface area (Å²) in [6, 6.07) is 8.42. The first-order valence-electron chi connectivity index (χ1n) is 14.6. The molecule has 230 valence electrons. The number of aromatic nitrogens is 2. The van der Waals surface area contributed by atoms with Gasteiger partial charge in [-0.2, -0.15) is 0 Å². The molecule has 44 heavy (non-hydrogen) atoms. The summed E-state index contributed by atoms with van der Waals surface area (Å²) in [5.74, 6) is 0.462. The molecule has 2 aliphatic heterocycles. The van der Waals surface area contributed by atoms with Crippen LogP contribution in [0.5, 0.6) is 5.75 Å². The molecule has 3 fully saturated rings. The van der Waals surface area contributed by atoms with E-state index in [1.807, 2.05) is 18.7 Å². The predicted octanol–water partition coefficient (Wildman–Crippen LogP) is 6.63. The number of nitrogens with zero attached hydrogens (tertiary/aromatic N) is 4. The number of benzene rings is 2. The van der Waals surface area contributed by atoms with Gasteiger partial charge in [0.2, 0.25) is 0 Å². The van der Waals surface area contributed by atoms with Gasteiger partial charge in [0.25, 0.3) is 5.91 Å². The third-order valence-electron chi connectivity index (χ3n) is 8.25. The van der Waals surface area contributed by atoms with Crippen molar-refractivity contribution in [2.45, 2.75) is 63.9 Å². The number of rotatable bonds is 9. The van der Waals surface area contributed by atoms with Crippen molar-refractivity contribution < 1.29 is 28.7 Å². The number of carboxylic acid groups (broad SMARTS) is 1. The average molecular weight is 658 g/mol. The zero-order valence-electron chi connectivity index (χ0n) is 24.1. The lowest BCUT2D eigenvalue weighted by atomic mass is 10.0. The Morgan fingerprint density at radius 3 is 2.68 bits per heavy atom. The molecule has 7 rings (SSSR count). The van der Waals surface area contributed by atoms with Crippen molar-refractivity contribution in [1.29, 1.82) is 0 Å². The van der Waals surface area contributed by atoms with Crippen molar-refractivity contribution in [2.24, 2.45) is 0 Å². The zero-order valence-corrected chi connectivity index (χ0v) is 26.4. The highest BCUT2D eigenvalue weighted by molar-refractivity contribution is 7.22. The number of piperazine rings is 1. The molecule has 1 N–H and O–H groups in total. The van der Waals surface area contributed by atoms with E-state index < -0.39 is 12.1 Å². The molecule has 3 aliphatic rings. The summed E-state index contributed by atoms with van der Waals surface area (Å²) in [5, 5.41) is 15.7. The van der Waals surface area contributed by atoms with Gasteiger partial charge in [-0.25, -0.2) is 9.78 Å². The van der Waals surface area contributed by atoms with Gasteiger partial charge in [-0.1, -0.05) is 45.8 Å². The number of thiazole rings is 1. The molecule has 4 aromatic rings. The molecule has 1 amide bonds. The maximum atomic E-state index is 13.4. The molecule has 13 heteroatoms. The second-order valence-electron chi connectivity index (χ2n) is 11.7. The summed E-state index contributed by atoms with van der Waals surface area (Å²) in [7, 11) is 0.